The minimum Gasteiger partial charge on any atom is -0.368 e. The molecular formula is C21H31N3O3. The SMILES string of the molecule is CC(C)(C)C1CCC(C(=O)NCc2ccc(C(=O)NCC(N)=O)cc2)CC1. The first-order valence-electron chi connectivity index (χ1n) is 9.60. The minimum atomic E-state index is -0.584. The van der Waals surface area contributed by atoms with Crippen molar-refractivity contribution in [3.05, 3.63) is 35.4 Å². The predicted molar refractivity (Wildman–Crippen MR) is 105 cm³/mol. The van der Waals surface area contributed by atoms with Crippen molar-refractivity contribution < 1.29 is 14.4 Å². The van der Waals surface area contributed by atoms with Crippen molar-refractivity contribution in [3.63, 3.8) is 0 Å². The van der Waals surface area contributed by atoms with Crippen LogP contribution in [0.5, 0.6) is 0 Å². The molecule has 1 fully saturated rings. The van der Waals surface area contributed by atoms with Gasteiger partial charge in [-0.05, 0) is 54.7 Å². The van der Waals surface area contributed by atoms with Crippen LogP contribution in [0.4, 0.5) is 0 Å². The number of rotatable bonds is 6. The molecule has 3 amide bonds. The van der Waals surface area contributed by atoms with Crippen LogP contribution in [-0.2, 0) is 16.1 Å². The topological polar surface area (TPSA) is 101 Å². The van der Waals surface area contributed by atoms with Gasteiger partial charge in [0.25, 0.3) is 5.91 Å². The first-order chi connectivity index (χ1) is 12.7. The summed E-state index contributed by atoms with van der Waals surface area (Å²) >= 11 is 0. The molecule has 148 valence electrons. The van der Waals surface area contributed by atoms with Crippen molar-refractivity contribution in [3.8, 4) is 0 Å². The normalized spacial score (nSPS) is 20.0. The average Bonchev–Trinajstić information content (AvgIpc) is 2.64. The van der Waals surface area contributed by atoms with Crippen molar-refractivity contribution in [2.45, 2.75) is 53.0 Å². The van der Waals surface area contributed by atoms with Gasteiger partial charge in [0.1, 0.15) is 0 Å². The molecule has 1 aliphatic rings. The minimum absolute atomic E-state index is 0.0995. The smallest absolute Gasteiger partial charge is 0.251 e. The Labute approximate surface area is 161 Å². The summed E-state index contributed by atoms with van der Waals surface area (Å²) in [6, 6.07) is 6.95. The molecule has 6 nitrogen and oxygen atoms in total. The van der Waals surface area contributed by atoms with Gasteiger partial charge in [-0.3, -0.25) is 14.4 Å². The van der Waals surface area contributed by atoms with Gasteiger partial charge < -0.3 is 16.4 Å². The monoisotopic (exact) mass is 373 g/mol. The Balaban J connectivity index is 1.79. The van der Waals surface area contributed by atoms with Crippen molar-refractivity contribution in [1.29, 1.82) is 0 Å². The third kappa shape index (κ3) is 6.38. The molecule has 27 heavy (non-hydrogen) atoms. The summed E-state index contributed by atoms with van der Waals surface area (Å²) in [6.07, 6.45) is 4.12. The van der Waals surface area contributed by atoms with Crippen LogP contribution in [0.2, 0.25) is 0 Å². The van der Waals surface area contributed by atoms with Crippen LogP contribution in [0.15, 0.2) is 24.3 Å². The fourth-order valence-electron chi connectivity index (χ4n) is 3.60. The van der Waals surface area contributed by atoms with Crippen LogP contribution in [-0.4, -0.2) is 24.3 Å². The summed E-state index contributed by atoms with van der Waals surface area (Å²) in [4.78, 5) is 35.0. The van der Waals surface area contributed by atoms with Gasteiger partial charge >= 0.3 is 0 Å². The number of hydrogen-bond donors (Lipinski definition) is 3. The number of carbonyl (C=O) groups excluding carboxylic acids is 3. The Hall–Kier alpha value is -2.37. The molecule has 0 unspecified atom stereocenters. The zero-order chi connectivity index (χ0) is 20.0. The second-order valence-corrected chi connectivity index (χ2v) is 8.48. The lowest BCUT2D eigenvalue weighted by Crippen LogP contribution is -2.35. The Kier molecular flexibility index (Phi) is 6.99. The maximum atomic E-state index is 12.4. The summed E-state index contributed by atoms with van der Waals surface area (Å²) in [5, 5.41) is 5.45. The van der Waals surface area contributed by atoms with Crippen LogP contribution in [0.3, 0.4) is 0 Å². The first kappa shape index (κ1) is 20.9. The fraction of sp³-hybridized carbons (Fsp3) is 0.571. The Morgan fingerprint density at radius 1 is 1.00 bits per heavy atom. The molecule has 1 aromatic carbocycles. The van der Waals surface area contributed by atoms with Gasteiger partial charge in [0.15, 0.2) is 0 Å². The average molecular weight is 373 g/mol. The van der Waals surface area contributed by atoms with Crippen LogP contribution in [0.25, 0.3) is 0 Å². The van der Waals surface area contributed by atoms with Crippen LogP contribution in [0, 0.1) is 17.3 Å². The van der Waals surface area contributed by atoms with Gasteiger partial charge in [-0.25, -0.2) is 0 Å². The van der Waals surface area contributed by atoms with E-state index in [0.717, 1.165) is 31.2 Å². The molecule has 0 bridgehead atoms. The molecule has 1 saturated carbocycles. The standard InChI is InChI=1S/C21H31N3O3/c1-21(2,3)17-10-8-16(9-11-17)19(26)23-12-14-4-6-15(7-5-14)20(27)24-13-18(22)25/h4-7,16-17H,8-13H2,1-3H3,(H2,22,25)(H,23,26)(H,24,27). The summed E-state index contributed by atoms with van der Waals surface area (Å²) in [7, 11) is 0. The molecule has 1 aromatic rings. The van der Waals surface area contributed by atoms with Crippen molar-refractivity contribution >= 4 is 17.7 Å². The second kappa shape index (κ2) is 9.02. The predicted octanol–water partition coefficient (Wildman–Crippen LogP) is 2.37. The fourth-order valence-corrected chi connectivity index (χ4v) is 3.60. The van der Waals surface area contributed by atoms with E-state index in [4.69, 9.17) is 5.73 Å². The molecule has 6 heteroatoms. The lowest BCUT2D eigenvalue weighted by molar-refractivity contribution is -0.126. The van der Waals surface area contributed by atoms with E-state index in [1.165, 1.54) is 0 Å². The Morgan fingerprint density at radius 2 is 1.59 bits per heavy atom. The number of nitrogens with two attached hydrogens (primary N) is 1. The highest BCUT2D eigenvalue weighted by Gasteiger charge is 2.32. The largest absolute Gasteiger partial charge is 0.368 e. The third-order valence-electron chi connectivity index (χ3n) is 5.43. The van der Waals surface area contributed by atoms with E-state index in [9.17, 15) is 14.4 Å². The van der Waals surface area contributed by atoms with Crippen LogP contribution < -0.4 is 16.4 Å². The quantitative estimate of drug-likeness (QED) is 0.713. The van der Waals surface area contributed by atoms with E-state index in [1.807, 2.05) is 0 Å². The number of amides is 3. The summed E-state index contributed by atoms with van der Waals surface area (Å²) < 4.78 is 0. The maximum absolute atomic E-state index is 12.4. The number of carbonyl (C=O) groups is 3. The molecule has 0 radical (unpaired) electrons. The van der Waals surface area contributed by atoms with E-state index < -0.39 is 5.91 Å². The van der Waals surface area contributed by atoms with E-state index in [0.29, 0.717) is 23.4 Å². The molecule has 0 atom stereocenters. The summed E-state index contributed by atoms with van der Waals surface area (Å²) in [6.45, 7) is 7.08. The zero-order valence-electron chi connectivity index (χ0n) is 16.5. The second-order valence-electron chi connectivity index (χ2n) is 8.48. The van der Waals surface area contributed by atoms with Gasteiger partial charge in [0.05, 0.1) is 6.54 Å². The molecule has 0 spiro atoms. The van der Waals surface area contributed by atoms with Crippen molar-refractivity contribution in [2.24, 2.45) is 23.0 Å². The molecule has 4 N–H and O–H groups in total. The maximum Gasteiger partial charge on any atom is 0.251 e. The number of hydrogen-bond acceptors (Lipinski definition) is 3. The van der Waals surface area contributed by atoms with Crippen LogP contribution in [0.1, 0.15) is 62.4 Å². The van der Waals surface area contributed by atoms with Crippen molar-refractivity contribution in [2.75, 3.05) is 6.54 Å². The molecular weight excluding hydrogens is 342 g/mol. The van der Waals surface area contributed by atoms with E-state index in [2.05, 4.69) is 31.4 Å². The molecule has 0 aromatic heterocycles. The Bertz CT molecular complexity index is 669. The lowest BCUT2D eigenvalue weighted by atomic mass is 9.69. The van der Waals surface area contributed by atoms with Crippen molar-refractivity contribution in [1.82, 2.24) is 10.6 Å². The van der Waals surface area contributed by atoms with Gasteiger partial charge in [-0.1, -0.05) is 32.9 Å². The van der Waals surface area contributed by atoms with Gasteiger partial charge in [0.2, 0.25) is 11.8 Å². The van der Waals surface area contributed by atoms with Gasteiger partial charge in [0, 0.05) is 18.0 Å². The molecule has 1 aliphatic carbocycles. The Morgan fingerprint density at radius 3 is 2.11 bits per heavy atom. The first-order valence-corrected chi connectivity index (χ1v) is 9.60. The highest BCUT2D eigenvalue weighted by Crippen LogP contribution is 2.39. The highest BCUT2D eigenvalue weighted by molar-refractivity contribution is 5.96. The molecule has 0 aliphatic heterocycles. The highest BCUT2D eigenvalue weighted by atomic mass is 16.2. The number of benzene rings is 1. The van der Waals surface area contributed by atoms with E-state index >= 15 is 0 Å². The van der Waals surface area contributed by atoms with Gasteiger partial charge in [-0.2, -0.15) is 0 Å². The summed E-state index contributed by atoms with van der Waals surface area (Å²) in [5.74, 6) is -0.0258. The lowest BCUT2D eigenvalue weighted by Gasteiger charge is -2.36. The van der Waals surface area contributed by atoms with E-state index in [-0.39, 0.29) is 24.3 Å². The molecule has 2 rings (SSSR count). The number of primary amides is 1. The number of nitrogens with one attached hydrogen (secondary N) is 2. The molecule has 0 saturated heterocycles. The van der Waals surface area contributed by atoms with Crippen LogP contribution >= 0.6 is 0 Å². The van der Waals surface area contributed by atoms with Gasteiger partial charge in [-0.15, -0.1) is 0 Å². The zero-order valence-corrected chi connectivity index (χ0v) is 16.5. The third-order valence-corrected chi connectivity index (χ3v) is 5.43. The van der Waals surface area contributed by atoms with E-state index in [1.54, 1.807) is 24.3 Å². The summed E-state index contributed by atoms with van der Waals surface area (Å²) in [5.41, 5.74) is 6.70. The molecule has 0 heterocycles.